The molecule has 0 aliphatic carbocycles. The number of carbonyl (C=O) groups excluding carboxylic acids is 1. The van der Waals surface area contributed by atoms with Gasteiger partial charge in [0.1, 0.15) is 22.8 Å². The maximum atomic E-state index is 12.2. The first kappa shape index (κ1) is 19.9. The van der Waals surface area contributed by atoms with Crippen molar-refractivity contribution in [1.82, 2.24) is 10.3 Å². The second kappa shape index (κ2) is 8.42. The van der Waals surface area contributed by atoms with Crippen LogP contribution in [-0.4, -0.2) is 42.9 Å². The van der Waals surface area contributed by atoms with Crippen molar-refractivity contribution >= 4 is 28.2 Å². The molecule has 0 radical (unpaired) electrons. The fourth-order valence-corrected chi connectivity index (χ4v) is 2.96. The maximum Gasteiger partial charge on any atom is 0.300 e. The fourth-order valence-electron chi connectivity index (χ4n) is 2.96. The van der Waals surface area contributed by atoms with Gasteiger partial charge < -0.3 is 20.6 Å². The molecule has 11 nitrogen and oxygen atoms in total. The van der Waals surface area contributed by atoms with Gasteiger partial charge in [-0.05, 0) is 29.2 Å². The minimum atomic E-state index is -0.559. The van der Waals surface area contributed by atoms with E-state index in [-0.39, 0.29) is 34.5 Å². The molecule has 0 fully saturated rings. The highest BCUT2D eigenvalue weighted by atomic mass is 16.6. The van der Waals surface area contributed by atoms with Gasteiger partial charge in [-0.15, -0.1) is 0 Å². The Morgan fingerprint density at radius 2 is 1.76 bits per heavy atom. The number of non-ortho nitro benzene ring substituents is 1. The zero-order valence-corrected chi connectivity index (χ0v) is 15.2. The van der Waals surface area contributed by atoms with Gasteiger partial charge in [-0.1, -0.05) is 6.42 Å². The number of fused-ring (bicyclic) bond motifs is 1. The Bertz CT molecular complexity index is 1040. The number of nitro benzene ring substituents is 1. The highest BCUT2D eigenvalue weighted by Gasteiger charge is 2.19. The average molecular weight is 402 g/mol. The number of phenolic OH excluding ortho intramolecular Hbond substituents is 3. The summed E-state index contributed by atoms with van der Waals surface area (Å²) in [5.41, 5.74) is 0.507. The third kappa shape index (κ3) is 4.34. The molecule has 0 bridgehead atoms. The molecule has 152 valence electrons. The molecule has 2 aromatic carbocycles. The van der Waals surface area contributed by atoms with E-state index in [1.807, 2.05) is 0 Å². The number of nitrogens with one attached hydrogen (secondary N) is 1. The van der Waals surface area contributed by atoms with E-state index in [2.05, 4.69) is 20.3 Å². The minimum absolute atomic E-state index is 0.0686. The van der Waals surface area contributed by atoms with Crippen LogP contribution in [0.3, 0.4) is 0 Å². The summed E-state index contributed by atoms with van der Waals surface area (Å²) < 4.78 is 4.60. The van der Waals surface area contributed by atoms with Gasteiger partial charge in [0.05, 0.1) is 10.6 Å². The molecular weight excluding hydrogens is 384 g/mol. The van der Waals surface area contributed by atoms with Crippen LogP contribution in [0, 0.1) is 10.1 Å². The van der Waals surface area contributed by atoms with Crippen molar-refractivity contribution in [1.29, 1.82) is 0 Å². The third-order valence-corrected chi connectivity index (χ3v) is 4.35. The molecule has 0 aliphatic heterocycles. The lowest BCUT2D eigenvalue weighted by Gasteiger charge is -2.08. The molecule has 0 atom stereocenters. The molecule has 0 unspecified atom stereocenters. The van der Waals surface area contributed by atoms with Gasteiger partial charge in [0.15, 0.2) is 11.3 Å². The van der Waals surface area contributed by atoms with E-state index in [4.69, 9.17) is 0 Å². The fraction of sp³-hybridized carbons (Fsp3) is 0.278. The molecule has 0 saturated heterocycles. The van der Waals surface area contributed by atoms with Gasteiger partial charge in [-0.3, -0.25) is 14.9 Å². The lowest BCUT2D eigenvalue weighted by Crippen LogP contribution is -2.04. The number of anilines is 1. The largest absolute Gasteiger partial charge is 0.508 e. The van der Waals surface area contributed by atoms with Crippen LogP contribution in [0.4, 0.5) is 11.4 Å². The molecule has 0 aliphatic rings. The molecule has 0 amide bonds. The summed E-state index contributed by atoms with van der Waals surface area (Å²) in [6.45, 7) is 0.531. The highest BCUT2D eigenvalue weighted by molar-refractivity contribution is 6.01. The number of carbonyl (C=O) groups is 1. The maximum absolute atomic E-state index is 12.2. The summed E-state index contributed by atoms with van der Waals surface area (Å²) >= 11 is 0. The van der Waals surface area contributed by atoms with Crippen molar-refractivity contribution in [2.45, 2.75) is 25.7 Å². The lowest BCUT2D eigenvalue weighted by molar-refractivity contribution is -0.383. The summed E-state index contributed by atoms with van der Waals surface area (Å²) in [6, 6.07) is 4.86. The summed E-state index contributed by atoms with van der Waals surface area (Å²) in [6.07, 6.45) is 2.04. The van der Waals surface area contributed by atoms with Gasteiger partial charge in [-0.2, -0.15) is 0 Å². The minimum Gasteiger partial charge on any atom is -0.508 e. The summed E-state index contributed by atoms with van der Waals surface area (Å²) in [5.74, 6) is -1.67. The molecule has 29 heavy (non-hydrogen) atoms. The second-order valence-corrected chi connectivity index (χ2v) is 6.37. The third-order valence-electron chi connectivity index (χ3n) is 4.35. The first-order valence-corrected chi connectivity index (χ1v) is 8.80. The van der Waals surface area contributed by atoms with E-state index in [1.54, 1.807) is 0 Å². The molecule has 0 saturated carbocycles. The molecule has 3 rings (SSSR count). The van der Waals surface area contributed by atoms with Crippen LogP contribution in [0.5, 0.6) is 17.2 Å². The lowest BCUT2D eigenvalue weighted by atomic mass is 10.0. The summed E-state index contributed by atoms with van der Waals surface area (Å²) in [5, 5.41) is 50.1. The number of aromatic hydroxyl groups is 3. The number of hydrogen-bond acceptors (Lipinski definition) is 10. The normalized spacial score (nSPS) is 10.9. The van der Waals surface area contributed by atoms with Crippen molar-refractivity contribution < 1.29 is 29.7 Å². The number of phenols is 3. The standard InChI is InChI=1S/C18H18N4O7/c23-10-8-14(25)16(15(26)9-10)13(24)4-2-1-3-7-19-11-5-6-12(22(27)28)18-17(11)20-29-21-18/h5-6,8-9,19,23,25-26H,1-4,7H2. The van der Waals surface area contributed by atoms with Gasteiger partial charge in [-0.25, -0.2) is 4.63 Å². The Balaban J connectivity index is 1.48. The number of hydrogen-bond donors (Lipinski definition) is 4. The number of benzene rings is 2. The van der Waals surface area contributed by atoms with Crippen LogP contribution in [0.1, 0.15) is 36.0 Å². The predicted molar refractivity (Wildman–Crippen MR) is 101 cm³/mol. The SMILES string of the molecule is O=C(CCCCCNc1ccc([N+](=O)[O-])c2nonc12)c1c(O)cc(O)cc1O. The zero-order chi connectivity index (χ0) is 21.0. The van der Waals surface area contributed by atoms with Crippen LogP contribution in [0.25, 0.3) is 11.0 Å². The number of Topliss-reactive ketones (excluding diaryl/α,β-unsaturated/α-hetero) is 1. The quantitative estimate of drug-likeness (QED) is 0.180. The summed E-state index contributed by atoms with van der Waals surface area (Å²) in [4.78, 5) is 22.6. The van der Waals surface area contributed by atoms with Crippen molar-refractivity contribution in [3.63, 3.8) is 0 Å². The van der Waals surface area contributed by atoms with Gasteiger partial charge >= 0.3 is 5.69 Å². The summed E-state index contributed by atoms with van der Waals surface area (Å²) in [7, 11) is 0. The molecule has 0 spiro atoms. The van der Waals surface area contributed by atoms with Crippen molar-refractivity contribution in [3.05, 3.63) is 39.9 Å². The smallest absolute Gasteiger partial charge is 0.300 e. The van der Waals surface area contributed by atoms with Crippen molar-refractivity contribution in [2.24, 2.45) is 0 Å². The molecule has 11 heteroatoms. The molecule has 1 heterocycles. The Labute approximate surface area is 163 Å². The topological polar surface area (TPSA) is 172 Å². The van der Waals surface area contributed by atoms with Gasteiger partial charge in [0.25, 0.3) is 0 Å². The van der Waals surface area contributed by atoms with E-state index in [0.29, 0.717) is 31.5 Å². The van der Waals surface area contributed by atoms with E-state index in [0.717, 1.165) is 12.1 Å². The van der Waals surface area contributed by atoms with Crippen LogP contribution >= 0.6 is 0 Å². The van der Waals surface area contributed by atoms with Crippen LogP contribution < -0.4 is 5.32 Å². The Morgan fingerprint density at radius 3 is 2.45 bits per heavy atom. The number of aromatic nitrogens is 2. The van der Waals surface area contributed by atoms with E-state index in [9.17, 15) is 30.2 Å². The molecular formula is C18H18N4O7. The van der Waals surface area contributed by atoms with E-state index in [1.165, 1.54) is 12.1 Å². The molecule has 4 N–H and O–H groups in total. The van der Waals surface area contributed by atoms with Crippen molar-refractivity contribution in [2.75, 3.05) is 11.9 Å². The van der Waals surface area contributed by atoms with Gasteiger partial charge in [0.2, 0.25) is 5.52 Å². The van der Waals surface area contributed by atoms with E-state index < -0.39 is 22.2 Å². The molecule has 3 aromatic rings. The Kier molecular flexibility index (Phi) is 5.77. The number of nitro groups is 1. The average Bonchev–Trinajstić information content (AvgIpc) is 3.13. The second-order valence-electron chi connectivity index (χ2n) is 6.37. The number of nitrogens with zero attached hydrogens (tertiary/aromatic N) is 3. The first-order chi connectivity index (χ1) is 13.9. The number of unbranched alkanes of at least 4 members (excludes halogenated alkanes) is 2. The van der Waals surface area contributed by atoms with Crippen LogP contribution in [0.15, 0.2) is 28.9 Å². The first-order valence-electron chi connectivity index (χ1n) is 8.80. The number of rotatable bonds is 9. The monoisotopic (exact) mass is 402 g/mol. The van der Waals surface area contributed by atoms with E-state index >= 15 is 0 Å². The Hall–Kier alpha value is -3.89. The zero-order valence-electron chi connectivity index (χ0n) is 15.2. The van der Waals surface area contributed by atoms with Gasteiger partial charge in [0, 0.05) is 31.2 Å². The van der Waals surface area contributed by atoms with Crippen LogP contribution in [0.2, 0.25) is 0 Å². The number of ketones is 1. The predicted octanol–water partition coefficient (Wildman–Crippen LogP) is 3.10. The highest BCUT2D eigenvalue weighted by Crippen LogP contribution is 2.33. The van der Waals surface area contributed by atoms with Crippen molar-refractivity contribution in [3.8, 4) is 17.2 Å². The molecule has 1 aromatic heterocycles. The van der Waals surface area contributed by atoms with Crippen LogP contribution in [-0.2, 0) is 0 Å². The Morgan fingerprint density at radius 1 is 1.07 bits per heavy atom.